The van der Waals surface area contributed by atoms with Crippen LogP contribution in [0.5, 0.6) is 0 Å². The zero-order chi connectivity index (χ0) is 21.9. The molecule has 1 saturated heterocycles. The fourth-order valence-electron chi connectivity index (χ4n) is 4.99. The number of nitrogens with zero attached hydrogens (tertiary/aromatic N) is 2. The number of hydrogen-bond acceptors (Lipinski definition) is 3. The average Bonchev–Trinajstić information content (AvgIpc) is 3.41. The van der Waals surface area contributed by atoms with Crippen molar-refractivity contribution in [3.63, 3.8) is 0 Å². The van der Waals surface area contributed by atoms with Crippen molar-refractivity contribution < 1.29 is 13.9 Å². The van der Waals surface area contributed by atoms with Gasteiger partial charge in [0.2, 0.25) is 5.91 Å². The van der Waals surface area contributed by atoms with Gasteiger partial charge in [-0.25, -0.2) is 4.39 Å². The molecule has 0 spiro atoms. The van der Waals surface area contributed by atoms with Crippen molar-refractivity contribution in [2.24, 2.45) is 10.9 Å². The Balaban J connectivity index is 1.81. The van der Waals surface area contributed by atoms with Gasteiger partial charge in [-0.3, -0.25) is 9.79 Å². The van der Waals surface area contributed by atoms with Crippen LogP contribution < -0.4 is 0 Å². The molecule has 0 aromatic heterocycles. The second kappa shape index (κ2) is 8.75. The first-order chi connectivity index (χ1) is 15.0. The van der Waals surface area contributed by atoms with Gasteiger partial charge in [0.15, 0.2) is 5.72 Å². The summed E-state index contributed by atoms with van der Waals surface area (Å²) in [4.78, 5) is 19.8. The summed E-state index contributed by atoms with van der Waals surface area (Å²) >= 11 is 0. The highest BCUT2D eigenvalue weighted by atomic mass is 19.1. The van der Waals surface area contributed by atoms with Crippen molar-refractivity contribution in [2.75, 3.05) is 6.54 Å². The number of carbonyl (C=O) groups is 1. The van der Waals surface area contributed by atoms with Crippen LogP contribution in [0.25, 0.3) is 0 Å². The molecule has 2 aromatic rings. The van der Waals surface area contributed by atoms with Crippen molar-refractivity contribution >= 4 is 12.1 Å². The number of allylic oxidation sites excluding steroid dienone is 1. The number of ether oxygens (including phenoxy) is 1. The maximum atomic E-state index is 14.4. The van der Waals surface area contributed by atoms with E-state index in [1.807, 2.05) is 35.3 Å². The highest BCUT2D eigenvalue weighted by Crippen LogP contribution is 2.46. The third kappa shape index (κ3) is 3.83. The molecule has 2 aliphatic heterocycles. The van der Waals surface area contributed by atoms with Gasteiger partial charge in [0.25, 0.3) is 0 Å². The normalized spacial score (nSPS) is 22.5. The highest BCUT2D eigenvalue weighted by molar-refractivity contribution is 5.80. The lowest BCUT2D eigenvalue weighted by Gasteiger charge is -2.53. The topological polar surface area (TPSA) is 41.9 Å². The summed E-state index contributed by atoms with van der Waals surface area (Å²) in [6.45, 7) is 4.78. The number of halogens is 1. The molecular formula is C26H29FN2O2. The molecule has 1 amide bonds. The molecule has 2 unspecified atom stereocenters. The minimum Gasteiger partial charge on any atom is -0.348 e. The monoisotopic (exact) mass is 420 g/mol. The Kier molecular flexibility index (Phi) is 6.05. The Hall–Kier alpha value is -2.79. The van der Waals surface area contributed by atoms with E-state index in [-0.39, 0.29) is 24.2 Å². The summed E-state index contributed by atoms with van der Waals surface area (Å²) in [5.74, 6) is -0.328. The summed E-state index contributed by atoms with van der Waals surface area (Å²) in [7, 11) is 0. The van der Waals surface area contributed by atoms with Crippen molar-refractivity contribution in [2.45, 2.75) is 51.0 Å². The minimum absolute atomic E-state index is 0.0603. The molecule has 2 aromatic carbocycles. The zero-order valence-electron chi connectivity index (χ0n) is 18.1. The number of hydrogen-bond donors (Lipinski definition) is 0. The molecule has 1 fully saturated rings. The van der Waals surface area contributed by atoms with Crippen LogP contribution in [0.3, 0.4) is 0 Å². The van der Waals surface area contributed by atoms with Crippen LogP contribution in [0.1, 0.15) is 37.8 Å². The predicted molar refractivity (Wildman–Crippen MR) is 120 cm³/mol. The van der Waals surface area contributed by atoms with Crippen molar-refractivity contribution in [3.8, 4) is 0 Å². The maximum Gasteiger partial charge on any atom is 0.224 e. The molecule has 2 atom stereocenters. The quantitative estimate of drug-likeness (QED) is 0.607. The molecule has 5 heteroatoms. The standard InChI is InChI=1S/C26H29FN2O2/c1-20(2)26(29-17-8-14-24(29)30,31-19-22-12-6-7-13-23(22)27)25(15-9-16-28-25)18-21-10-4-3-5-11-21/h3-7,9-13,15-16,20H,8,14,17-19H2,1-2H3. The van der Waals surface area contributed by atoms with Gasteiger partial charge in [-0.1, -0.05) is 68.5 Å². The molecule has 0 N–H and O–H groups in total. The van der Waals surface area contributed by atoms with Gasteiger partial charge in [-0.15, -0.1) is 0 Å². The van der Waals surface area contributed by atoms with Crippen molar-refractivity contribution in [1.82, 2.24) is 4.90 Å². The number of benzene rings is 2. The Labute approximate surface area is 183 Å². The van der Waals surface area contributed by atoms with Gasteiger partial charge in [-0.05, 0) is 24.1 Å². The number of aliphatic imine (C=N–C) groups is 1. The summed E-state index contributed by atoms with van der Waals surface area (Å²) in [5.41, 5.74) is -0.256. The molecule has 4 rings (SSSR count). The Morgan fingerprint density at radius 1 is 1.16 bits per heavy atom. The molecule has 0 radical (unpaired) electrons. The molecule has 31 heavy (non-hydrogen) atoms. The van der Waals surface area contributed by atoms with E-state index in [4.69, 9.17) is 9.73 Å². The largest absolute Gasteiger partial charge is 0.348 e. The van der Waals surface area contributed by atoms with Crippen LogP contribution >= 0.6 is 0 Å². The lowest BCUT2D eigenvalue weighted by atomic mass is 9.74. The number of rotatable bonds is 8. The second-order valence-electron chi connectivity index (χ2n) is 8.60. The van der Waals surface area contributed by atoms with Crippen LogP contribution in [0.15, 0.2) is 71.7 Å². The first kappa shape index (κ1) is 21.4. The first-order valence-electron chi connectivity index (χ1n) is 10.9. The van der Waals surface area contributed by atoms with Gasteiger partial charge < -0.3 is 9.64 Å². The number of amides is 1. The summed E-state index contributed by atoms with van der Waals surface area (Å²) < 4.78 is 21.1. The van der Waals surface area contributed by atoms with E-state index in [1.165, 1.54) is 6.07 Å². The number of likely N-dealkylation sites (tertiary alicyclic amines) is 1. The van der Waals surface area contributed by atoms with Crippen LogP contribution in [0.4, 0.5) is 4.39 Å². The number of carbonyl (C=O) groups excluding carboxylic acids is 1. The van der Waals surface area contributed by atoms with Gasteiger partial charge >= 0.3 is 0 Å². The van der Waals surface area contributed by atoms with E-state index in [1.54, 1.807) is 24.4 Å². The van der Waals surface area contributed by atoms with E-state index in [0.29, 0.717) is 24.9 Å². The van der Waals surface area contributed by atoms with Crippen LogP contribution in [-0.4, -0.2) is 34.8 Å². The molecule has 0 bridgehead atoms. The van der Waals surface area contributed by atoms with E-state index in [2.05, 4.69) is 26.0 Å². The van der Waals surface area contributed by atoms with Gasteiger partial charge in [0.05, 0.1) is 6.61 Å². The van der Waals surface area contributed by atoms with Gasteiger partial charge in [0, 0.05) is 37.1 Å². The average molecular weight is 421 g/mol. The maximum absolute atomic E-state index is 14.4. The fourth-order valence-corrected chi connectivity index (χ4v) is 4.99. The molecule has 4 nitrogen and oxygen atoms in total. The van der Waals surface area contributed by atoms with Crippen LogP contribution in [0, 0.1) is 11.7 Å². The highest BCUT2D eigenvalue weighted by Gasteiger charge is 2.59. The van der Waals surface area contributed by atoms with Crippen molar-refractivity contribution in [3.05, 3.63) is 83.7 Å². The summed E-state index contributed by atoms with van der Waals surface area (Å²) in [6.07, 6.45) is 7.62. The Bertz CT molecular complexity index is 974. The third-order valence-corrected chi connectivity index (χ3v) is 6.36. The van der Waals surface area contributed by atoms with E-state index in [9.17, 15) is 9.18 Å². The van der Waals surface area contributed by atoms with Gasteiger partial charge in [0.1, 0.15) is 11.4 Å². The minimum atomic E-state index is -1.04. The zero-order valence-corrected chi connectivity index (χ0v) is 18.1. The molecule has 162 valence electrons. The Morgan fingerprint density at radius 3 is 2.52 bits per heavy atom. The Morgan fingerprint density at radius 2 is 1.90 bits per heavy atom. The van der Waals surface area contributed by atoms with Crippen molar-refractivity contribution in [1.29, 1.82) is 0 Å². The lowest BCUT2D eigenvalue weighted by molar-refractivity contribution is -0.217. The lowest BCUT2D eigenvalue weighted by Crippen LogP contribution is -2.68. The van der Waals surface area contributed by atoms with Gasteiger partial charge in [-0.2, -0.15) is 0 Å². The SMILES string of the molecule is CC(C)C(OCc1ccccc1F)(N1CCCC1=O)C1(Cc2ccccc2)C=CC=N1. The smallest absolute Gasteiger partial charge is 0.224 e. The molecular weight excluding hydrogens is 391 g/mol. The van der Waals surface area contributed by atoms with E-state index in [0.717, 1.165) is 12.0 Å². The predicted octanol–water partition coefficient (Wildman–Crippen LogP) is 4.94. The van der Waals surface area contributed by atoms with E-state index < -0.39 is 11.3 Å². The van der Waals surface area contributed by atoms with Crippen LogP contribution in [0.2, 0.25) is 0 Å². The summed E-state index contributed by atoms with van der Waals surface area (Å²) in [6, 6.07) is 16.8. The van der Waals surface area contributed by atoms with Crippen LogP contribution in [-0.2, 0) is 22.6 Å². The second-order valence-corrected chi connectivity index (χ2v) is 8.60. The molecule has 2 aliphatic rings. The first-order valence-corrected chi connectivity index (χ1v) is 10.9. The molecule has 2 heterocycles. The summed E-state index contributed by atoms with van der Waals surface area (Å²) in [5, 5.41) is 0. The molecule has 0 saturated carbocycles. The molecule has 0 aliphatic carbocycles. The third-order valence-electron chi connectivity index (χ3n) is 6.36. The fraction of sp³-hybridized carbons (Fsp3) is 0.385. The van der Waals surface area contributed by atoms with E-state index >= 15 is 0 Å².